The Morgan fingerprint density at radius 3 is 2.42 bits per heavy atom. The molecule has 0 aromatic heterocycles. The molecular weight excluding hydrogens is 302 g/mol. The highest BCUT2D eigenvalue weighted by molar-refractivity contribution is 5.95. The molecule has 5 nitrogen and oxygen atoms in total. The predicted octanol–water partition coefficient (Wildman–Crippen LogP) is 3.29. The Hall–Kier alpha value is -2.82. The zero-order chi connectivity index (χ0) is 16.9. The van der Waals surface area contributed by atoms with Crippen LogP contribution in [0.25, 0.3) is 0 Å². The van der Waals surface area contributed by atoms with E-state index in [1.807, 2.05) is 18.2 Å². The summed E-state index contributed by atoms with van der Waals surface area (Å²) in [5.41, 5.74) is 2.49. The Morgan fingerprint density at radius 1 is 1.04 bits per heavy atom. The molecule has 0 spiro atoms. The molecule has 1 fully saturated rings. The number of Topliss-reactive ketones (excluding diaryl/α,β-unsaturated/α-hetero) is 1. The number of benzene rings is 2. The van der Waals surface area contributed by atoms with E-state index >= 15 is 0 Å². The summed E-state index contributed by atoms with van der Waals surface area (Å²) >= 11 is 0. The quantitative estimate of drug-likeness (QED) is 0.849. The highest BCUT2D eigenvalue weighted by Gasteiger charge is 2.23. The lowest BCUT2D eigenvalue weighted by molar-refractivity contribution is 0.101. The van der Waals surface area contributed by atoms with Crippen LogP contribution in [-0.4, -0.2) is 30.9 Å². The van der Waals surface area contributed by atoms with Crippen molar-refractivity contribution in [2.45, 2.75) is 19.4 Å². The number of amides is 2. The predicted molar refractivity (Wildman–Crippen MR) is 95.7 cm³/mol. The Morgan fingerprint density at radius 2 is 1.75 bits per heavy atom. The van der Waals surface area contributed by atoms with Crippen LogP contribution in [-0.2, 0) is 0 Å². The van der Waals surface area contributed by atoms with Gasteiger partial charge in [0.25, 0.3) is 0 Å². The summed E-state index contributed by atoms with van der Waals surface area (Å²) in [5.74, 6) is 0.0120. The van der Waals surface area contributed by atoms with Crippen LogP contribution in [0.15, 0.2) is 54.6 Å². The van der Waals surface area contributed by atoms with Crippen LogP contribution >= 0.6 is 0 Å². The number of hydrogen-bond acceptors (Lipinski definition) is 3. The zero-order valence-corrected chi connectivity index (χ0v) is 13.7. The van der Waals surface area contributed by atoms with E-state index in [4.69, 9.17) is 0 Å². The van der Waals surface area contributed by atoms with Crippen LogP contribution in [0, 0.1) is 0 Å². The summed E-state index contributed by atoms with van der Waals surface area (Å²) in [6.07, 6.45) is 0.922. The molecule has 2 amide bonds. The summed E-state index contributed by atoms with van der Waals surface area (Å²) in [4.78, 5) is 25.6. The molecule has 1 atom stereocenters. The van der Waals surface area contributed by atoms with Crippen LogP contribution in [0.2, 0.25) is 0 Å². The number of rotatable bonds is 4. The smallest absolute Gasteiger partial charge is 0.319 e. The van der Waals surface area contributed by atoms with E-state index in [0.717, 1.165) is 19.5 Å². The second-order valence-corrected chi connectivity index (χ2v) is 6.00. The lowest BCUT2D eigenvalue weighted by atomic mass is 10.1. The van der Waals surface area contributed by atoms with Crippen molar-refractivity contribution in [1.29, 1.82) is 0 Å². The third-order valence-corrected chi connectivity index (χ3v) is 4.19. The van der Waals surface area contributed by atoms with Gasteiger partial charge < -0.3 is 15.5 Å². The van der Waals surface area contributed by atoms with Gasteiger partial charge >= 0.3 is 6.03 Å². The molecular formula is C19H21N3O2. The molecule has 1 aliphatic rings. The third-order valence-electron chi connectivity index (χ3n) is 4.19. The first-order chi connectivity index (χ1) is 11.6. The van der Waals surface area contributed by atoms with Gasteiger partial charge in [-0.25, -0.2) is 4.79 Å². The highest BCUT2D eigenvalue weighted by Crippen LogP contribution is 2.19. The standard InChI is InChI=1S/C19H21N3O2/c1-14(23)15-7-9-16(10-8-15)20-19(24)21-17-11-12-22(13-17)18-5-3-2-4-6-18/h2-10,17H,11-13H2,1H3,(H2,20,21,24)/t17-/m0/s1. The molecule has 0 saturated carbocycles. The molecule has 2 aromatic rings. The molecule has 24 heavy (non-hydrogen) atoms. The fraction of sp³-hybridized carbons (Fsp3) is 0.263. The Labute approximate surface area is 141 Å². The van der Waals surface area contributed by atoms with Crippen LogP contribution in [0.3, 0.4) is 0 Å². The molecule has 2 aromatic carbocycles. The number of ketones is 1. The van der Waals surface area contributed by atoms with Crippen molar-refractivity contribution in [2.75, 3.05) is 23.3 Å². The van der Waals surface area contributed by atoms with Crippen LogP contribution in [0.4, 0.5) is 16.2 Å². The molecule has 5 heteroatoms. The second kappa shape index (κ2) is 7.17. The van der Waals surface area contributed by atoms with Gasteiger partial charge in [0, 0.05) is 36.1 Å². The molecule has 124 valence electrons. The van der Waals surface area contributed by atoms with E-state index in [9.17, 15) is 9.59 Å². The summed E-state index contributed by atoms with van der Waals surface area (Å²) in [6, 6.07) is 17.0. The third kappa shape index (κ3) is 3.93. The van der Waals surface area contributed by atoms with E-state index in [1.54, 1.807) is 24.3 Å². The number of urea groups is 1. The van der Waals surface area contributed by atoms with Crippen molar-refractivity contribution >= 4 is 23.2 Å². The van der Waals surface area contributed by atoms with Gasteiger partial charge in [0.2, 0.25) is 0 Å². The summed E-state index contributed by atoms with van der Waals surface area (Å²) in [5, 5.41) is 5.82. The van der Waals surface area contributed by atoms with Gasteiger partial charge in [-0.15, -0.1) is 0 Å². The normalized spacial score (nSPS) is 16.7. The molecule has 0 unspecified atom stereocenters. The maximum Gasteiger partial charge on any atom is 0.319 e. The van der Waals surface area contributed by atoms with Gasteiger partial charge in [0.1, 0.15) is 0 Å². The molecule has 3 rings (SSSR count). The van der Waals surface area contributed by atoms with Crippen LogP contribution < -0.4 is 15.5 Å². The zero-order valence-electron chi connectivity index (χ0n) is 13.7. The van der Waals surface area contributed by atoms with Gasteiger partial charge in [-0.1, -0.05) is 18.2 Å². The molecule has 1 saturated heterocycles. The highest BCUT2D eigenvalue weighted by atomic mass is 16.2. The monoisotopic (exact) mass is 323 g/mol. The van der Waals surface area contributed by atoms with E-state index in [-0.39, 0.29) is 17.9 Å². The topological polar surface area (TPSA) is 61.4 Å². The molecule has 2 N–H and O–H groups in total. The lowest BCUT2D eigenvalue weighted by Crippen LogP contribution is -2.39. The van der Waals surface area contributed by atoms with Crippen molar-refractivity contribution in [3.05, 3.63) is 60.2 Å². The van der Waals surface area contributed by atoms with E-state index < -0.39 is 0 Å². The first-order valence-electron chi connectivity index (χ1n) is 8.10. The number of nitrogens with zero attached hydrogens (tertiary/aromatic N) is 1. The average Bonchev–Trinajstić information content (AvgIpc) is 3.04. The van der Waals surface area contributed by atoms with Crippen LogP contribution in [0.5, 0.6) is 0 Å². The SMILES string of the molecule is CC(=O)c1ccc(NC(=O)N[C@H]2CCN(c3ccccc3)C2)cc1. The van der Waals surface area contributed by atoms with Gasteiger partial charge in [0.15, 0.2) is 5.78 Å². The van der Waals surface area contributed by atoms with Gasteiger partial charge in [0.05, 0.1) is 0 Å². The first kappa shape index (κ1) is 16.1. The maximum atomic E-state index is 12.1. The molecule has 0 aliphatic carbocycles. The number of para-hydroxylation sites is 1. The summed E-state index contributed by atoms with van der Waals surface area (Å²) in [7, 11) is 0. The minimum absolute atomic E-state index is 0.0120. The lowest BCUT2D eigenvalue weighted by Gasteiger charge is -2.19. The second-order valence-electron chi connectivity index (χ2n) is 6.00. The Balaban J connectivity index is 1.51. The first-order valence-corrected chi connectivity index (χ1v) is 8.10. The fourth-order valence-electron chi connectivity index (χ4n) is 2.89. The van der Waals surface area contributed by atoms with E-state index in [2.05, 4.69) is 27.7 Å². The number of carbonyl (C=O) groups is 2. The van der Waals surface area contributed by atoms with Crippen molar-refractivity contribution < 1.29 is 9.59 Å². The van der Waals surface area contributed by atoms with E-state index in [0.29, 0.717) is 11.3 Å². The van der Waals surface area contributed by atoms with E-state index in [1.165, 1.54) is 12.6 Å². The van der Waals surface area contributed by atoms with Crippen molar-refractivity contribution in [1.82, 2.24) is 5.32 Å². The Bertz CT molecular complexity index is 713. The van der Waals surface area contributed by atoms with Gasteiger partial charge in [-0.05, 0) is 49.7 Å². The average molecular weight is 323 g/mol. The Kier molecular flexibility index (Phi) is 4.79. The maximum absolute atomic E-state index is 12.1. The van der Waals surface area contributed by atoms with Crippen molar-refractivity contribution in [3.8, 4) is 0 Å². The van der Waals surface area contributed by atoms with Crippen molar-refractivity contribution in [3.63, 3.8) is 0 Å². The number of carbonyl (C=O) groups excluding carboxylic acids is 2. The number of hydrogen-bond donors (Lipinski definition) is 2. The molecule has 1 aliphatic heterocycles. The molecule has 0 bridgehead atoms. The fourth-order valence-corrected chi connectivity index (χ4v) is 2.89. The minimum atomic E-state index is -0.217. The molecule has 0 radical (unpaired) electrons. The van der Waals surface area contributed by atoms with Gasteiger partial charge in [-0.2, -0.15) is 0 Å². The summed E-state index contributed by atoms with van der Waals surface area (Å²) in [6.45, 7) is 3.26. The van der Waals surface area contributed by atoms with Gasteiger partial charge in [-0.3, -0.25) is 4.79 Å². The minimum Gasteiger partial charge on any atom is -0.369 e. The largest absolute Gasteiger partial charge is 0.369 e. The summed E-state index contributed by atoms with van der Waals surface area (Å²) < 4.78 is 0. The number of anilines is 2. The van der Waals surface area contributed by atoms with Crippen molar-refractivity contribution in [2.24, 2.45) is 0 Å². The van der Waals surface area contributed by atoms with Crippen LogP contribution in [0.1, 0.15) is 23.7 Å². The molecule has 1 heterocycles. The number of nitrogens with one attached hydrogen (secondary N) is 2.